The van der Waals surface area contributed by atoms with Crippen molar-refractivity contribution in [1.29, 1.82) is 0 Å². The number of hydrogen-bond donors (Lipinski definition) is 0. The predicted octanol–water partition coefficient (Wildman–Crippen LogP) is 9.18. The first-order valence-corrected chi connectivity index (χ1v) is 10.3. The summed E-state index contributed by atoms with van der Waals surface area (Å²) >= 11 is 0. The first kappa shape index (κ1) is 29.1. The second-order valence-electron chi connectivity index (χ2n) is 5.24. The van der Waals surface area contributed by atoms with Gasteiger partial charge >= 0.3 is 0 Å². The lowest BCUT2D eigenvalue weighted by molar-refractivity contribution is 0.504. The van der Waals surface area contributed by atoms with Crippen LogP contribution in [0.15, 0.2) is 0 Å². The van der Waals surface area contributed by atoms with Crippen LogP contribution in [0, 0.1) is 0 Å². The van der Waals surface area contributed by atoms with Crippen LogP contribution in [0.3, 0.4) is 0 Å². The molecule has 0 atom stereocenters. The Kier molecular flexibility index (Phi) is 59.1. The van der Waals surface area contributed by atoms with Crippen molar-refractivity contribution in [1.82, 2.24) is 0 Å². The third-order valence-corrected chi connectivity index (χ3v) is 2.96. The number of rotatable bonds is 7. The van der Waals surface area contributed by atoms with Gasteiger partial charge in [-0.05, 0) is 0 Å². The lowest BCUT2D eigenvalue weighted by Crippen LogP contribution is -1.85. The molecule has 0 heterocycles. The molecule has 0 spiro atoms. The van der Waals surface area contributed by atoms with E-state index in [2.05, 4.69) is 27.7 Å². The van der Waals surface area contributed by atoms with E-state index in [0.29, 0.717) is 0 Å². The lowest BCUT2D eigenvalue weighted by Gasteiger charge is -2.05. The fourth-order valence-electron chi connectivity index (χ4n) is 1.46. The predicted molar refractivity (Wildman–Crippen MR) is 105 cm³/mol. The molecule has 1 aliphatic carbocycles. The van der Waals surface area contributed by atoms with E-state index in [4.69, 9.17) is 0 Å². The van der Waals surface area contributed by atoms with Gasteiger partial charge in [0.15, 0.2) is 0 Å². The Morgan fingerprint density at radius 2 is 0.619 bits per heavy atom. The van der Waals surface area contributed by atoms with Gasteiger partial charge in [0, 0.05) is 0 Å². The summed E-state index contributed by atoms with van der Waals surface area (Å²) in [5.41, 5.74) is 0. The summed E-state index contributed by atoms with van der Waals surface area (Å²) in [7, 11) is 0. The van der Waals surface area contributed by atoms with E-state index in [9.17, 15) is 0 Å². The van der Waals surface area contributed by atoms with Crippen LogP contribution in [0.4, 0.5) is 0 Å². The van der Waals surface area contributed by atoms with Crippen molar-refractivity contribution in [2.45, 2.75) is 139 Å². The highest BCUT2D eigenvalue weighted by atomic mass is 14.0. The molecule has 0 unspecified atom stereocenters. The van der Waals surface area contributed by atoms with E-state index < -0.39 is 0 Å². The maximum Gasteiger partial charge on any atom is -0.0533 e. The van der Waals surface area contributed by atoms with E-state index in [0.717, 1.165) is 0 Å². The number of unbranched alkanes of at least 4 members (excludes halogenated alkanes) is 7. The van der Waals surface area contributed by atoms with Crippen molar-refractivity contribution in [2.24, 2.45) is 0 Å². The summed E-state index contributed by atoms with van der Waals surface area (Å²) in [6, 6.07) is 0. The van der Waals surface area contributed by atoms with Gasteiger partial charge in [-0.1, -0.05) is 139 Å². The molecule has 0 amide bonds. The Morgan fingerprint density at radius 1 is 0.429 bits per heavy atom. The summed E-state index contributed by atoms with van der Waals surface area (Å²) < 4.78 is 0. The van der Waals surface area contributed by atoms with Crippen molar-refractivity contribution in [3.8, 4) is 0 Å². The van der Waals surface area contributed by atoms with Gasteiger partial charge in [-0.15, -0.1) is 0 Å². The summed E-state index contributed by atoms with van der Waals surface area (Å²) in [6.45, 7) is 16.8. The Hall–Kier alpha value is 0. The number of hydrogen-bond acceptors (Lipinski definition) is 0. The van der Waals surface area contributed by atoms with Gasteiger partial charge in [0.1, 0.15) is 0 Å². The van der Waals surface area contributed by atoms with Crippen molar-refractivity contribution >= 4 is 0 Å². The molecular formula is C21H50. The largest absolute Gasteiger partial charge is 0.0683 e. The quantitative estimate of drug-likeness (QED) is 0.411. The molecule has 0 aromatic rings. The second kappa shape index (κ2) is 42.7. The molecule has 134 valence electrons. The SMILES string of the molecule is C1CCC1.CC.CC.CCC.CCCCCCCCCC. The van der Waals surface area contributed by atoms with Crippen LogP contribution in [0.1, 0.15) is 139 Å². The van der Waals surface area contributed by atoms with E-state index in [1.807, 2.05) is 27.7 Å². The van der Waals surface area contributed by atoms with Crippen LogP contribution in [-0.4, -0.2) is 0 Å². The van der Waals surface area contributed by atoms with Crippen LogP contribution in [0.2, 0.25) is 0 Å². The molecule has 1 fully saturated rings. The normalized spacial score (nSPS) is 10.9. The average molecular weight is 303 g/mol. The second-order valence-corrected chi connectivity index (χ2v) is 5.24. The van der Waals surface area contributed by atoms with E-state index >= 15 is 0 Å². The molecule has 1 saturated carbocycles. The fourth-order valence-corrected chi connectivity index (χ4v) is 1.46. The fraction of sp³-hybridized carbons (Fsp3) is 1.00. The van der Waals surface area contributed by atoms with Gasteiger partial charge in [-0.25, -0.2) is 0 Å². The molecule has 0 N–H and O–H groups in total. The summed E-state index contributed by atoms with van der Waals surface area (Å²) in [4.78, 5) is 0. The molecule has 0 aliphatic heterocycles. The zero-order valence-corrected chi connectivity index (χ0v) is 17.2. The molecule has 1 aliphatic rings. The minimum absolute atomic E-state index is 1.25. The molecule has 21 heavy (non-hydrogen) atoms. The van der Waals surface area contributed by atoms with Crippen LogP contribution < -0.4 is 0 Å². The molecule has 0 aromatic heterocycles. The third-order valence-electron chi connectivity index (χ3n) is 2.96. The van der Waals surface area contributed by atoms with E-state index in [-0.39, 0.29) is 0 Å². The Morgan fingerprint density at radius 3 is 0.762 bits per heavy atom. The molecule has 1 rings (SSSR count). The summed E-state index contributed by atoms with van der Waals surface area (Å²) in [5, 5.41) is 0. The standard InChI is InChI=1S/C10H22.C4H8.C3H8.2C2H6/c1-3-5-7-9-10-8-6-4-2;1-2-4-3-1;1-3-2;2*1-2/h3-10H2,1-2H3;1-4H2;3H2,1-2H3;2*1-2H3. The van der Waals surface area contributed by atoms with Crippen molar-refractivity contribution in [3.63, 3.8) is 0 Å². The maximum atomic E-state index is 2.27. The van der Waals surface area contributed by atoms with Crippen molar-refractivity contribution in [2.75, 3.05) is 0 Å². The molecule has 0 nitrogen and oxygen atoms in total. The molecule has 0 bridgehead atoms. The highest BCUT2D eigenvalue weighted by Gasteiger charge is 1.95. The summed E-state index contributed by atoms with van der Waals surface area (Å²) in [6.07, 6.45) is 18.7. The molecule has 0 saturated heterocycles. The molecular weight excluding hydrogens is 252 g/mol. The smallest absolute Gasteiger partial charge is 0.0533 e. The van der Waals surface area contributed by atoms with Crippen LogP contribution in [-0.2, 0) is 0 Å². The Bertz CT molecular complexity index is 80.2. The van der Waals surface area contributed by atoms with Gasteiger partial charge in [0.2, 0.25) is 0 Å². The monoisotopic (exact) mass is 302 g/mol. The topological polar surface area (TPSA) is 0 Å². The van der Waals surface area contributed by atoms with Crippen molar-refractivity contribution in [3.05, 3.63) is 0 Å². The lowest BCUT2D eigenvalue weighted by atomic mass is 10.0. The van der Waals surface area contributed by atoms with Crippen LogP contribution >= 0.6 is 0 Å². The first-order chi connectivity index (χ1) is 10.3. The van der Waals surface area contributed by atoms with E-state index in [1.54, 1.807) is 0 Å². The minimum Gasteiger partial charge on any atom is -0.0683 e. The first-order valence-electron chi connectivity index (χ1n) is 10.3. The zero-order chi connectivity index (χ0) is 17.2. The highest BCUT2D eigenvalue weighted by molar-refractivity contribution is 4.50. The van der Waals surface area contributed by atoms with Gasteiger partial charge in [0.05, 0.1) is 0 Å². The van der Waals surface area contributed by atoms with Gasteiger partial charge < -0.3 is 0 Å². The highest BCUT2D eigenvalue weighted by Crippen LogP contribution is 2.15. The van der Waals surface area contributed by atoms with Crippen molar-refractivity contribution < 1.29 is 0 Å². The Labute approximate surface area is 139 Å². The van der Waals surface area contributed by atoms with Crippen LogP contribution in [0.5, 0.6) is 0 Å². The maximum absolute atomic E-state index is 2.27. The third kappa shape index (κ3) is 53.6. The molecule has 0 heteroatoms. The Balaban J connectivity index is -0.000000108. The van der Waals surface area contributed by atoms with E-state index in [1.165, 1.54) is 83.5 Å². The zero-order valence-electron chi connectivity index (χ0n) is 17.2. The van der Waals surface area contributed by atoms with Crippen LogP contribution in [0.25, 0.3) is 0 Å². The van der Waals surface area contributed by atoms with Gasteiger partial charge in [-0.3, -0.25) is 0 Å². The average Bonchev–Trinajstić information content (AvgIpc) is 2.46. The van der Waals surface area contributed by atoms with Gasteiger partial charge in [0.25, 0.3) is 0 Å². The van der Waals surface area contributed by atoms with Gasteiger partial charge in [-0.2, -0.15) is 0 Å². The summed E-state index contributed by atoms with van der Waals surface area (Å²) in [5.74, 6) is 0. The molecule has 0 radical (unpaired) electrons. The minimum atomic E-state index is 1.25. The molecule has 0 aromatic carbocycles.